The average Bonchev–Trinajstić information content (AvgIpc) is 3.55. The Hall–Kier alpha value is -4.82. The number of ether oxygens (including phenoxy) is 1. The smallest absolute Gasteiger partial charge is 0.220 e. The molecule has 238 valence electrons. The maximum Gasteiger partial charge on any atom is 0.220 e. The molecule has 0 amide bonds. The fourth-order valence-corrected chi connectivity index (χ4v) is 6.27. The predicted molar refractivity (Wildman–Crippen MR) is 182 cm³/mol. The van der Waals surface area contributed by atoms with E-state index in [0.29, 0.717) is 51.3 Å². The zero-order valence-corrected chi connectivity index (χ0v) is 27.1. The molecule has 0 spiro atoms. The van der Waals surface area contributed by atoms with Crippen molar-refractivity contribution in [2.24, 2.45) is 0 Å². The Bertz CT molecular complexity index is 2160. The van der Waals surface area contributed by atoms with Crippen molar-refractivity contribution in [3.63, 3.8) is 0 Å². The quantitative estimate of drug-likeness (QED) is 0.0812. The minimum atomic E-state index is -2.36. The number of pyridine rings is 2. The van der Waals surface area contributed by atoms with Gasteiger partial charge >= 0.3 is 0 Å². The normalized spacial score (nSPS) is 11.0. The molecule has 47 heavy (non-hydrogen) atoms. The first-order valence-corrected chi connectivity index (χ1v) is 16.8. The number of nitrogens with one attached hydrogen (secondary N) is 2. The molecule has 10 nitrogen and oxygen atoms in total. The Labute approximate surface area is 280 Å². The number of benzene rings is 2. The van der Waals surface area contributed by atoms with E-state index in [4.69, 9.17) is 21.3 Å². The van der Waals surface area contributed by atoms with Crippen LogP contribution in [0.2, 0.25) is 5.02 Å². The molecule has 4 aromatic heterocycles. The van der Waals surface area contributed by atoms with E-state index in [0.717, 1.165) is 28.9 Å². The van der Waals surface area contributed by atoms with Crippen LogP contribution in [0, 0.1) is 5.82 Å². The van der Waals surface area contributed by atoms with E-state index in [1.165, 1.54) is 18.5 Å². The highest BCUT2D eigenvalue weighted by atomic mass is 35.5. The van der Waals surface area contributed by atoms with Crippen LogP contribution in [0.15, 0.2) is 90.8 Å². The van der Waals surface area contributed by atoms with Crippen LogP contribution >= 0.6 is 22.9 Å². The molecule has 0 fully saturated rings. The number of hydrogen-bond acceptors (Lipinski definition) is 11. The van der Waals surface area contributed by atoms with Gasteiger partial charge in [-0.05, 0) is 67.1 Å². The second-order valence-corrected chi connectivity index (χ2v) is 12.6. The van der Waals surface area contributed by atoms with Crippen LogP contribution in [0.25, 0.3) is 22.3 Å². The zero-order chi connectivity index (χ0) is 32.6. The number of aryl methyl sites for hydroxylation is 1. The molecule has 0 radical (unpaired) electrons. The first-order valence-electron chi connectivity index (χ1n) is 14.5. The number of rotatable bonds is 13. The van der Waals surface area contributed by atoms with Crippen LogP contribution in [0.1, 0.15) is 22.7 Å². The second-order valence-electron chi connectivity index (χ2n) is 10.3. The Kier molecular flexibility index (Phi) is 10.4. The van der Waals surface area contributed by atoms with Gasteiger partial charge in [0.2, 0.25) is 10.3 Å². The number of aromatic nitrogens is 5. The molecule has 6 aromatic rings. The molecule has 0 saturated carbocycles. The van der Waals surface area contributed by atoms with Gasteiger partial charge in [0.1, 0.15) is 35.2 Å². The van der Waals surface area contributed by atoms with Crippen LogP contribution in [0.5, 0.6) is 5.75 Å². The molecule has 0 aliphatic carbocycles. The third kappa shape index (κ3) is 8.32. The van der Waals surface area contributed by atoms with Crippen molar-refractivity contribution < 1.29 is 17.5 Å². The SMILES string of the molecule is O=S(=O)=C(CNCCCc1nc(-c2cc3c(Nc4ccc(OCc5cccc(F)c5)c(Cl)c4)ncnc3cn2)cs1)c1ccccn1. The van der Waals surface area contributed by atoms with Gasteiger partial charge in [0.15, 0.2) is 0 Å². The van der Waals surface area contributed by atoms with E-state index in [2.05, 4.69) is 30.6 Å². The number of nitrogens with zero attached hydrogens (tertiary/aromatic N) is 5. The average molecular weight is 688 g/mol. The lowest BCUT2D eigenvalue weighted by molar-refractivity contribution is 0.306. The topological polar surface area (TPSA) is 132 Å². The Balaban J connectivity index is 1.08. The lowest BCUT2D eigenvalue weighted by Crippen LogP contribution is -2.26. The van der Waals surface area contributed by atoms with Crippen LogP contribution in [-0.2, 0) is 23.3 Å². The summed E-state index contributed by atoms with van der Waals surface area (Å²) in [5, 5.41) is 10.6. The number of hydrogen-bond donors (Lipinski definition) is 2. The van der Waals surface area contributed by atoms with E-state index in [1.54, 1.807) is 66.2 Å². The van der Waals surface area contributed by atoms with Gasteiger partial charge in [-0.1, -0.05) is 29.8 Å². The van der Waals surface area contributed by atoms with Gasteiger partial charge in [-0.2, -0.15) is 8.42 Å². The van der Waals surface area contributed by atoms with Crippen molar-refractivity contribution in [1.82, 2.24) is 30.2 Å². The highest BCUT2D eigenvalue weighted by molar-refractivity contribution is 7.73. The Morgan fingerprint density at radius 3 is 2.70 bits per heavy atom. The monoisotopic (exact) mass is 687 g/mol. The van der Waals surface area contributed by atoms with Crippen molar-refractivity contribution in [1.29, 1.82) is 0 Å². The minimum absolute atomic E-state index is 0.184. The molecular formula is C33H27ClFN7O3S2. The Morgan fingerprint density at radius 1 is 0.979 bits per heavy atom. The summed E-state index contributed by atoms with van der Waals surface area (Å²) >= 11 is 8.05. The van der Waals surface area contributed by atoms with Gasteiger partial charge < -0.3 is 15.4 Å². The fraction of sp³-hybridized carbons (Fsp3) is 0.152. The van der Waals surface area contributed by atoms with Crippen molar-refractivity contribution >= 4 is 60.5 Å². The molecule has 0 atom stereocenters. The highest BCUT2D eigenvalue weighted by Crippen LogP contribution is 2.32. The molecule has 14 heteroatoms. The first-order chi connectivity index (χ1) is 22.9. The maximum atomic E-state index is 13.5. The number of halogens is 2. The third-order valence-electron chi connectivity index (χ3n) is 7.00. The van der Waals surface area contributed by atoms with Gasteiger partial charge in [-0.25, -0.2) is 19.3 Å². The standard InChI is InChI=1S/C33H27ClFN7O3S2/c34-25-14-23(9-10-30(25)45-18-21-5-3-6-22(35)13-21)41-33-24-15-27(38-16-28(24)39-20-40-33)29-19-46-32(42-29)8-4-11-36-17-31(47(43)44)26-7-1-2-12-37-26/h1-3,5-7,9-10,12-16,19-20,36H,4,8,11,17-18H2,(H,39,40,41). The predicted octanol–water partition coefficient (Wildman–Crippen LogP) is 6.28. The molecule has 4 heterocycles. The maximum absolute atomic E-state index is 13.5. The molecule has 0 saturated heterocycles. The highest BCUT2D eigenvalue weighted by Gasteiger charge is 2.12. The lowest BCUT2D eigenvalue weighted by atomic mass is 10.2. The van der Waals surface area contributed by atoms with Crippen LogP contribution < -0.4 is 15.4 Å². The van der Waals surface area contributed by atoms with Gasteiger partial charge in [-0.15, -0.1) is 11.3 Å². The van der Waals surface area contributed by atoms with Gasteiger partial charge in [0.25, 0.3) is 0 Å². The van der Waals surface area contributed by atoms with E-state index in [-0.39, 0.29) is 23.8 Å². The second kappa shape index (κ2) is 15.2. The molecule has 2 aromatic carbocycles. The Morgan fingerprint density at radius 2 is 1.89 bits per heavy atom. The molecule has 0 bridgehead atoms. The van der Waals surface area contributed by atoms with Crippen molar-refractivity contribution in [3.05, 3.63) is 118 Å². The molecule has 0 aliphatic heterocycles. The largest absolute Gasteiger partial charge is 0.487 e. The minimum Gasteiger partial charge on any atom is -0.487 e. The summed E-state index contributed by atoms with van der Waals surface area (Å²) in [6.07, 6.45) is 6.22. The summed E-state index contributed by atoms with van der Waals surface area (Å²) in [7, 11) is -2.36. The van der Waals surface area contributed by atoms with Gasteiger partial charge in [0, 0.05) is 35.6 Å². The molecule has 0 unspecified atom stereocenters. The van der Waals surface area contributed by atoms with Crippen LogP contribution in [-0.4, -0.2) is 51.3 Å². The third-order valence-corrected chi connectivity index (χ3v) is 8.96. The summed E-state index contributed by atoms with van der Waals surface area (Å²) in [6.45, 7) is 1.01. The van der Waals surface area contributed by atoms with E-state index in [1.807, 2.05) is 17.5 Å². The van der Waals surface area contributed by atoms with Gasteiger partial charge in [0.05, 0.1) is 38.8 Å². The zero-order valence-electron chi connectivity index (χ0n) is 24.7. The summed E-state index contributed by atoms with van der Waals surface area (Å²) < 4.78 is 42.6. The molecule has 2 N–H and O–H groups in total. The number of fused-ring (bicyclic) bond motifs is 1. The summed E-state index contributed by atoms with van der Waals surface area (Å²) in [5.41, 5.74) is 3.92. The van der Waals surface area contributed by atoms with Crippen LogP contribution in [0.3, 0.4) is 0 Å². The van der Waals surface area contributed by atoms with Crippen molar-refractivity contribution in [3.8, 4) is 17.1 Å². The molecular weight excluding hydrogens is 661 g/mol. The first kappa shape index (κ1) is 32.1. The summed E-state index contributed by atoms with van der Waals surface area (Å²) in [4.78, 5) is 22.5. The van der Waals surface area contributed by atoms with E-state index < -0.39 is 10.3 Å². The fourth-order valence-electron chi connectivity index (χ4n) is 4.69. The van der Waals surface area contributed by atoms with E-state index in [9.17, 15) is 12.8 Å². The molecule has 6 rings (SSSR count). The van der Waals surface area contributed by atoms with E-state index >= 15 is 0 Å². The number of thiazole rings is 1. The molecule has 0 aliphatic rings. The number of anilines is 2. The van der Waals surface area contributed by atoms with Crippen molar-refractivity contribution in [2.45, 2.75) is 19.4 Å². The summed E-state index contributed by atoms with van der Waals surface area (Å²) in [5.74, 6) is 0.726. The van der Waals surface area contributed by atoms with Crippen molar-refractivity contribution in [2.75, 3.05) is 18.4 Å². The van der Waals surface area contributed by atoms with Gasteiger partial charge in [-0.3, -0.25) is 9.97 Å². The lowest BCUT2D eigenvalue weighted by Gasteiger charge is -2.12. The van der Waals surface area contributed by atoms with Crippen LogP contribution in [0.4, 0.5) is 15.9 Å². The summed E-state index contributed by atoms with van der Waals surface area (Å²) in [6, 6.07) is 18.6.